The van der Waals surface area contributed by atoms with Crippen LogP contribution < -0.4 is 11.1 Å². The molecule has 19 heavy (non-hydrogen) atoms. The first-order chi connectivity index (χ1) is 8.99. The molecule has 2 aromatic rings. The minimum atomic E-state index is -0.743. The molecule has 6 heteroatoms. The van der Waals surface area contributed by atoms with Gasteiger partial charge in [0.05, 0.1) is 6.33 Å². The maximum absolute atomic E-state index is 12.0. The van der Waals surface area contributed by atoms with Gasteiger partial charge in [-0.05, 0) is 25.5 Å². The van der Waals surface area contributed by atoms with E-state index in [9.17, 15) is 9.59 Å². The van der Waals surface area contributed by atoms with Crippen LogP contribution in [0.15, 0.2) is 24.5 Å². The Morgan fingerprint density at radius 3 is 2.68 bits per heavy atom. The minimum absolute atomic E-state index is 0.0625. The second-order valence-corrected chi connectivity index (χ2v) is 4.26. The summed E-state index contributed by atoms with van der Waals surface area (Å²) in [6.45, 7) is 3.86. The lowest BCUT2D eigenvalue weighted by Crippen LogP contribution is -2.20. The van der Waals surface area contributed by atoms with Crippen molar-refractivity contribution in [3.8, 4) is 0 Å². The third kappa shape index (κ3) is 2.62. The molecule has 0 bridgehead atoms. The summed E-state index contributed by atoms with van der Waals surface area (Å²) in [6, 6.07) is 5.66. The van der Waals surface area contributed by atoms with Gasteiger partial charge in [0, 0.05) is 5.69 Å². The average Bonchev–Trinajstić information content (AvgIpc) is 2.82. The number of aromatic nitrogens is 2. The molecule has 1 heterocycles. The van der Waals surface area contributed by atoms with Crippen molar-refractivity contribution < 1.29 is 9.59 Å². The van der Waals surface area contributed by atoms with Crippen LogP contribution in [0.4, 0.5) is 5.69 Å². The Morgan fingerprint density at radius 2 is 2.05 bits per heavy atom. The standard InChI is InChI=1S/C13H14N4O2/c1-7-3-4-9(8(2)5-7)17-13(19)11-10(12(14)18)15-6-16-11/h3-6H,1-2H3,(H2,14,18)(H,15,16)(H,17,19). The molecule has 0 spiro atoms. The molecule has 0 aliphatic heterocycles. The number of aryl methyl sites for hydroxylation is 2. The number of hydrogen-bond acceptors (Lipinski definition) is 3. The number of amides is 2. The van der Waals surface area contributed by atoms with E-state index >= 15 is 0 Å². The second-order valence-electron chi connectivity index (χ2n) is 4.26. The van der Waals surface area contributed by atoms with Gasteiger partial charge >= 0.3 is 0 Å². The number of primary amides is 1. The van der Waals surface area contributed by atoms with Gasteiger partial charge in [0.2, 0.25) is 0 Å². The molecule has 0 radical (unpaired) electrons. The van der Waals surface area contributed by atoms with Gasteiger partial charge in [0.15, 0.2) is 5.69 Å². The predicted octanol–water partition coefficient (Wildman–Crippen LogP) is 1.38. The summed E-state index contributed by atoms with van der Waals surface area (Å²) < 4.78 is 0. The molecule has 0 unspecified atom stereocenters. The Labute approximate surface area is 110 Å². The molecular weight excluding hydrogens is 244 g/mol. The number of carbonyl (C=O) groups excluding carboxylic acids is 2. The molecule has 1 aromatic heterocycles. The van der Waals surface area contributed by atoms with Crippen LogP contribution in [0.1, 0.15) is 32.1 Å². The lowest BCUT2D eigenvalue weighted by atomic mass is 10.1. The highest BCUT2D eigenvalue weighted by Gasteiger charge is 2.18. The zero-order valence-corrected chi connectivity index (χ0v) is 10.7. The van der Waals surface area contributed by atoms with E-state index < -0.39 is 11.8 Å². The van der Waals surface area contributed by atoms with Crippen molar-refractivity contribution in [2.45, 2.75) is 13.8 Å². The quantitative estimate of drug-likeness (QED) is 0.775. The Morgan fingerprint density at radius 1 is 1.32 bits per heavy atom. The number of nitrogens with zero attached hydrogens (tertiary/aromatic N) is 1. The van der Waals surface area contributed by atoms with Crippen LogP contribution in [0.5, 0.6) is 0 Å². The van der Waals surface area contributed by atoms with E-state index in [4.69, 9.17) is 5.73 Å². The molecule has 0 saturated heterocycles. The maximum atomic E-state index is 12.0. The Kier molecular flexibility index (Phi) is 3.33. The zero-order valence-electron chi connectivity index (χ0n) is 10.7. The summed E-state index contributed by atoms with van der Waals surface area (Å²) in [5, 5.41) is 2.72. The number of H-pyrrole nitrogens is 1. The number of imidazole rings is 1. The molecule has 0 fully saturated rings. The fourth-order valence-electron chi connectivity index (χ4n) is 1.79. The van der Waals surface area contributed by atoms with Crippen molar-refractivity contribution in [3.63, 3.8) is 0 Å². The lowest BCUT2D eigenvalue weighted by Gasteiger charge is -2.08. The van der Waals surface area contributed by atoms with Crippen LogP contribution in [0.3, 0.4) is 0 Å². The van der Waals surface area contributed by atoms with Gasteiger partial charge in [-0.25, -0.2) is 4.98 Å². The number of nitrogens with two attached hydrogens (primary N) is 1. The van der Waals surface area contributed by atoms with Crippen LogP contribution in [0.25, 0.3) is 0 Å². The van der Waals surface area contributed by atoms with Crippen molar-refractivity contribution in [3.05, 3.63) is 47.0 Å². The van der Waals surface area contributed by atoms with Gasteiger partial charge in [-0.15, -0.1) is 0 Å². The Hall–Kier alpha value is -2.63. The molecule has 0 aliphatic rings. The van der Waals surface area contributed by atoms with Gasteiger partial charge in [-0.2, -0.15) is 0 Å². The van der Waals surface area contributed by atoms with E-state index in [0.29, 0.717) is 5.69 Å². The van der Waals surface area contributed by atoms with E-state index in [2.05, 4.69) is 15.3 Å². The molecule has 2 rings (SSSR count). The van der Waals surface area contributed by atoms with E-state index in [1.165, 1.54) is 6.33 Å². The number of anilines is 1. The van der Waals surface area contributed by atoms with Crippen molar-refractivity contribution in [2.75, 3.05) is 5.32 Å². The molecule has 0 atom stereocenters. The van der Waals surface area contributed by atoms with Gasteiger partial charge in [0.1, 0.15) is 5.69 Å². The Bertz CT molecular complexity index is 646. The molecule has 1 aromatic carbocycles. The second kappa shape index (κ2) is 4.93. The molecule has 4 N–H and O–H groups in total. The SMILES string of the molecule is Cc1ccc(NC(=O)c2[nH]cnc2C(N)=O)c(C)c1. The number of aromatic amines is 1. The van der Waals surface area contributed by atoms with E-state index in [-0.39, 0.29) is 11.4 Å². The van der Waals surface area contributed by atoms with Crippen LogP contribution in [0, 0.1) is 13.8 Å². The highest BCUT2D eigenvalue weighted by Crippen LogP contribution is 2.17. The third-order valence-corrected chi connectivity index (χ3v) is 2.73. The molecule has 98 valence electrons. The zero-order chi connectivity index (χ0) is 14.0. The fraction of sp³-hybridized carbons (Fsp3) is 0.154. The van der Waals surface area contributed by atoms with Crippen LogP contribution in [-0.2, 0) is 0 Å². The highest BCUT2D eigenvalue weighted by atomic mass is 16.2. The van der Waals surface area contributed by atoms with Crippen LogP contribution in [0.2, 0.25) is 0 Å². The predicted molar refractivity (Wildman–Crippen MR) is 71.0 cm³/mol. The number of hydrogen-bond donors (Lipinski definition) is 3. The third-order valence-electron chi connectivity index (χ3n) is 2.73. The smallest absolute Gasteiger partial charge is 0.274 e. The Balaban J connectivity index is 2.26. The van der Waals surface area contributed by atoms with Gasteiger partial charge in [-0.3, -0.25) is 9.59 Å². The summed E-state index contributed by atoms with van der Waals surface area (Å²) in [5.41, 5.74) is 7.86. The maximum Gasteiger partial charge on any atom is 0.274 e. The number of rotatable bonds is 3. The lowest BCUT2D eigenvalue weighted by molar-refractivity contribution is 0.0972. The summed E-state index contributed by atoms with van der Waals surface area (Å²) >= 11 is 0. The van der Waals surface area contributed by atoms with Crippen molar-refractivity contribution in [2.24, 2.45) is 5.73 Å². The van der Waals surface area contributed by atoms with Crippen LogP contribution >= 0.6 is 0 Å². The summed E-state index contributed by atoms with van der Waals surface area (Å²) in [6.07, 6.45) is 1.26. The molecule has 0 aliphatic carbocycles. The normalized spacial score (nSPS) is 10.2. The fourth-order valence-corrected chi connectivity index (χ4v) is 1.79. The first-order valence-electron chi connectivity index (χ1n) is 5.71. The van der Waals surface area contributed by atoms with Gasteiger partial charge in [0.25, 0.3) is 11.8 Å². The minimum Gasteiger partial charge on any atom is -0.364 e. The molecule has 6 nitrogen and oxygen atoms in total. The van der Waals surface area contributed by atoms with Crippen molar-refractivity contribution in [1.82, 2.24) is 9.97 Å². The van der Waals surface area contributed by atoms with Gasteiger partial charge < -0.3 is 16.0 Å². The average molecular weight is 258 g/mol. The summed E-state index contributed by atoms with van der Waals surface area (Å²) in [5.74, 6) is -1.19. The monoisotopic (exact) mass is 258 g/mol. The molecular formula is C13H14N4O2. The number of benzene rings is 1. The summed E-state index contributed by atoms with van der Waals surface area (Å²) in [4.78, 5) is 29.5. The highest BCUT2D eigenvalue weighted by molar-refractivity contribution is 6.09. The van der Waals surface area contributed by atoms with Crippen molar-refractivity contribution >= 4 is 17.5 Å². The largest absolute Gasteiger partial charge is 0.364 e. The van der Waals surface area contributed by atoms with E-state index in [1.807, 2.05) is 32.0 Å². The van der Waals surface area contributed by atoms with Crippen LogP contribution in [-0.4, -0.2) is 21.8 Å². The summed E-state index contributed by atoms with van der Waals surface area (Å²) in [7, 11) is 0. The molecule has 0 saturated carbocycles. The number of nitrogens with one attached hydrogen (secondary N) is 2. The van der Waals surface area contributed by atoms with E-state index in [1.54, 1.807) is 0 Å². The van der Waals surface area contributed by atoms with Gasteiger partial charge in [-0.1, -0.05) is 17.7 Å². The van der Waals surface area contributed by atoms with E-state index in [0.717, 1.165) is 11.1 Å². The molecule has 2 amide bonds. The topological polar surface area (TPSA) is 101 Å². The van der Waals surface area contributed by atoms with Crippen molar-refractivity contribution in [1.29, 1.82) is 0 Å². The first-order valence-corrected chi connectivity index (χ1v) is 5.71. The number of carbonyl (C=O) groups is 2. The first kappa shape index (κ1) is 12.8.